The Morgan fingerprint density at radius 1 is 1.05 bits per heavy atom. The van der Waals surface area contributed by atoms with Gasteiger partial charge in [0.2, 0.25) is 0 Å². The van der Waals surface area contributed by atoms with E-state index >= 15 is 0 Å². The number of alkyl halides is 1. The van der Waals surface area contributed by atoms with E-state index in [1.807, 2.05) is 53.5 Å². The molecule has 1 aromatic carbocycles. The summed E-state index contributed by atoms with van der Waals surface area (Å²) < 4.78 is 4.14. The molecule has 0 aliphatic heterocycles. The first-order valence-electron chi connectivity index (χ1n) is 6.33. The lowest BCUT2D eigenvalue weighted by atomic mass is 10.3. The lowest BCUT2D eigenvalue weighted by Crippen LogP contribution is -1.97. The summed E-state index contributed by atoms with van der Waals surface area (Å²) in [6, 6.07) is 14.1. The SMILES string of the molecule is BrCc1c(-n2cnc3ccccc32)nc2ccccn12. The monoisotopic (exact) mass is 326 g/mol. The van der Waals surface area contributed by atoms with Crippen molar-refractivity contribution in [3.05, 3.63) is 60.7 Å². The van der Waals surface area contributed by atoms with Crippen LogP contribution in [0.1, 0.15) is 5.69 Å². The molecule has 0 unspecified atom stereocenters. The molecule has 20 heavy (non-hydrogen) atoms. The van der Waals surface area contributed by atoms with Crippen LogP contribution in [0.3, 0.4) is 0 Å². The Labute approximate surface area is 123 Å². The van der Waals surface area contributed by atoms with Gasteiger partial charge < -0.3 is 4.40 Å². The maximum absolute atomic E-state index is 4.73. The topological polar surface area (TPSA) is 35.1 Å². The third kappa shape index (κ3) is 1.59. The summed E-state index contributed by atoms with van der Waals surface area (Å²) in [6.45, 7) is 0. The van der Waals surface area contributed by atoms with E-state index in [9.17, 15) is 0 Å². The van der Waals surface area contributed by atoms with Crippen molar-refractivity contribution in [3.8, 4) is 5.82 Å². The molecule has 0 fully saturated rings. The summed E-state index contributed by atoms with van der Waals surface area (Å²) in [6.07, 6.45) is 3.86. The van der Waals surface area contributed by atoms with Gasteiger partial charge in [-0.05, 0) is 24.3 Å². The number of nitrogens with zero attached hydrogens (tertiary/aromatic N) is 4. The minimum Gasteiger partial charge on any atom is -0.301 e. The molecule has 0 spiro atoms. The van der Waals surface area contributed by atoms with Gasteiger partial charge >= 0.3 is 0 Å². The van der Waals surface area contributed by atoms with Gasteiger partial charge in [-0.3, -0.25) is 4.57 Å². The van der Waals surface area contributed by atoms with E-state index in [2.05, 4.69) is 31.4 Å². The van der Waals surface area contributed by atoms with E-state index in [4.69, 9.17) is 4.98 Å². The summed E-state index contributed by atoms with van der Waals surface area (Å²) >= 11 is 3.56. The zero-order valence-electron chi connectivity index (χ0n) is 10.6. The summed E-state index contributed by atoms with van der Waals surface area (Å²) in [7, 11) is 0. The van der Waals surface area contributed by atoms with Gasteiger partial charge in [0.15, 0.2) is 5.82 Å². The van der Waals surface area contributed by atoms with Gasteiger partial charge in [0, 0.05) is 11.5 Å². The third-order valence-electron chi connectivity index (χ3n) is 3.42. The Morgan fingerprint density at radius 2 is 1.90 bits per heavy atom. The van der Waals surface area contributed by atoms with E-state index in [0.29, 0.717) is 0 Å². The molecule has 3 aromatic heterocycles. The lowest BCUT2D eigenvalue weighted by Gasteiger charge is -2.03. The Bertz CT molecular complexity index is 906. The molecule has 0 N–H and O–H groups in total. The third-order valence-corrected chi connectivity index (χ3v) is 3.95. The summed E-state index contributed by atoms with van der Waals surface area (Å²) in [5.74, 6) is 0.918. The lowest BCUT2D eigenvalue weighted by molar-refractivity contribution is 1.01. The van der Waals surface area contributed by atoms with E-state index in [1.54, 1.807) is 0 Å². The second kappa shape index (κ2) is 4.45. The second-order valence-corrected chi connectivity index (χ2v) is 5.11. The number of fused-ring (bicyclic) bond motifs is 2. The molecule has 0 aliphatic rings. The predicted octanol–water partition coefficient (Wildman–Crippen LogP) is 3.57. The highest BCUT2D eigenvalue weighted by Crippen LogP contribution is 2.23. The fourth-order valence-electron chi connectivity index (χ4n) is 2.48. The number of hydrogen-bond donors (Lipinski definition) is 0. The number of imidazole rings is 2. The zero-order valence-corrected chi connectivity index (χ0v) is 12.2. The predicted molar refractivity (Wildman–Crippen MR) is 82.5 cm³/mol. The maximum atomic E-state index is 4.73. The summed E-state index contributed by atoms with van der Waals surface area (Å²) in [5.41, 5.74) is 4.10. The molecule has 0 atom stereocenters. The molecule has 98 valence electrons. The van der Waals surface area contributed by atoms with E-state index < -0.39 is 0 Å². The normalized spacial score (nSPS) is 11.4. The number of rotatable bonds is 2. The van der Waals surface area contributed by atoms with Crippen molar-refractivity contribution in [1.29, 1.82) is 0 Å². The van der Waals surface area contributed by atoms with Crippen LogP contribution in [0.25, 0.3) is 22.5 Å². The fraction of sp³-hybridized carbons (Fsp3) is 0.0667. The average Bonchev–Trinajstić information content (AvgIpc) is 3.07. The molecule has 0 saturated heterocycles. The van der Waals surface area contributed by atoms with Gasteiger partial charge in [-0.2, -0.15) is 0 Å². The van der Waals surface area contributed by atoms with Crippen LogP contribution in [0.5, 0.6) is 0 Å². The van der Waals surface area contributed by atoms with Gasteiger partial charge in [-0.1, -0.05) is 34.1 Å². The number of hydrogen-bond acceptors (Lipinski definition) is 2. The number of benzene rings is 1. The molecule has 0 aliphatic carbocycles. The Morgan fingerprint density at radius 3 is 2.80 bits per heavy atom. The largest absolute Gasteiger partial charge is 0.301 e. The number of para-hydroxylation sites is 2. The van der Waals surface area contributed by atoms with Crippen molar-refractivity contribution >= 4 is 32.6 Å². The van der Waals surface area contributed by atoms with Crippen LogP contribution in [0, 0.1) is 0 Å². The zero-order chi connectivity index (χ0) is 13.5. The van der Waals surface area contributed by atoms with Gasteiger partial charge in [0.05, 0.1) is 16.7 Å². The first-order chi connectivity index (χ1) is 9.88. The van der Waals surface area contributed by atoms with Crippen LogP contribution < -0.4 is 0 Å². The van der Waals surface area contributed by atoms with Gasteiger partial charge in [0.1, 0.15) is 12.0 Å². The highest BCUT2D eigenvalue weighted by Gasteiger charge is 2.14. The standard InChI is InChI=1S/C15H11BrN4/c16-9-13-15(18-14-7-3-4-8-19(13)14)20-10-17-11-5-1-2-6-12(11)20/h1-8,10H,9H2. The highest BCUT2D eigenvalue weighted by molar-refractivity contribution is 9.08. The molecule has 4 rings (SSSR count). The molecule has 0 amide bonds. The van der Waals surface area contributed by atoms with Gasteiger partial charge in [-0.25, -0.2) is 9.97 Å². The number of aromatic nitrogens is 4. The Kier molecular flexibility index (Phi) is 2.60. The van der Waals surface area contributed by atoms with E-state index in [1.165, 1.54) is 0 Å². The van der Waals surface area contributed by atoms with Crippen molar-refractivity contribution in [3.63, 3.8) is 0 Å². The molecule has 3 heterocycles. The molecule has 0 saturated carbocycles. The van der Waals surface area contributed by atoms with Crippen LogP contribution in [0.2, 0.25) is 0 Å². The van der Waals surface area contributed by atoms with E-state index in [-0.39, 0.29) is 0 Å². The molecular weight excluding hydrogens is 316 g/mol. The molecule has 4 aromatic rings. The van der Waals surface area contributed by atoms with Crippen LogP contribution in [0.4, 0.5) is 0 Å². The van der Waals surface area contributed by atoms with Crippen molar-refractivity contribution in [2.24, 2.45) is 0 Å². The maximum Gasteiger partial charge on any atom is 0.161 e. The average molecular weight is 327 g/mol. The van der Waals surface area contributed by atoms with Gasteiger partial charge in [0.25, 0.3) is 0 Å². The summed E-state index contributed by atoms with van der Waals surface area (Å²) in [5, 5.41) is 0.736. The van der Waals surface area contributed by atoms with Gasteiger partial charge in [-0.15, -0.1) is 0 Å². The molecular formula is C15H11BrN4. The first-order valence-corrected chi connectivity index (χ1v) is 7.45. The fourth-order valence-corrected chi connectivity index (χ4v) is 3.00. The summed E-state index contributed by atoms with van der Waals surface area (Å²) in [4.78, 5) is 9.17. The number of pyridine rings is 1. The first kappa shape index (κ1) is 11.7. The Balaban J connectivity index is 2.07. The molecule has 0 radical (unpaired) electrons. The minimum absolute atomic E-state index is 0.736. The van der Waals surface area contributed by atoms with E-state index in [0.717, 1.165) is 33.5 Å². The molecule has 4 nitrogen and oxygen atoms in total. The van der Waals surface area contributed by atoms with Crippen LogP contribution >= 0.6 is 15.9 Å². The van der Waals surface area contributed by atoms with Crippen molar-refractivity contribution < 1.29 is 0 Å². The highest BCUT2D eigenvalue weighted by atomic mass is 79.9. The number of halogens is 1. The molecule has 5 heteroatoms. The smallest absolute Gasteiger partial charge is 0.161 e. The van der Waals surface area contributed by atoms with Crippen LogP contribution in [-0.4, -0.2) is 18.9 Å². The second-order valence-electron chi connectivity index (χ2n) is 4.55. The molecule has 0 bridgehead atoms. The van der Waals surface area contributed by atoms with Crippen LogP contribution in [-0.2, 0) is 5.33 Å². The van der Waals surface area contributed by atoms with Crippen molar-refractivity contribution in [1.82, 2.24) is 18.9 Å². The van der Waals surface area contributed by atoms with Crippen molar-refractivity contribution in [2.75, 3.05) is 0 Å². The van der Waals surface area contributed by atoms with Crippen molar-refractivity contribution in [2.45, 2.75) is 5.33 Å². The quantitative estimate of drug-likeness (QED) is 0.528. The van der Waals surface area contributed by atoms with Crippen LogP contribution in [0.15, 0.2) is 55.0 Å². The Hall–Kier alpha value is -2.14. The minimum atomic E-state index is 0.736.